The molecular weight excluding hydrogens is 524 g/mol. The average molecular weight is 563 g/mol. The van der Waals surface area contributed by atoms with Crippen LogP contribution in [-0.2, 0) is 24.8 Å². The first-order valence-corrected chi connectivity index (χ1v) is 14.1. The quantitative estimate of drug-likeness (QED) is 0.322. The number of nitrogens with one attached hydrogen (secondary N) is 1. The summed E-state index contributed by atoms with van der Waals surface area (Å²) in [5.41, 5.74) is -1.59. The number of rotatable bonds is 4. The molecule has 2 heterocycles. The lowest BCUT2D eigenvalue weighted by Crippen LogP contribution is -2.69. The molecule has 4 N–H and O–H groups in total. The maximum Gasteiger partial charge on any atom is 0.321 e. The lowest BCUT2D eigenvalue weighted by Gasteiger charge is -2.62. The van der Waals surface area contributed by atoms with E-state index in [1.165, 1.54) is 12.0 Å². The number of carboxylic acid groups (broad SMARTS) is 1. The fourth-order valence-corrected chi connectivity index (χ4v) is 8.72. The number of halogens is 1. The number of aliphatic carboxylic acids is 1. The molecule has 10 heteroatoms. The SMILES string of the molecule is C=C(C)[C@@H]1CC[C@@H](C)[C@]2(O)[C@@H]([C@H]3[C@@H](C(=O)O)N[C@@H]4ON(C)c5c(Cl)cccc5[C@]34O)C(OC(C)=O)C(C)C[C@@H]12. The molecule has 4 aliphatic rings. The molecule has 1 aromatic carbocycles. The number of carboxylic acids is 1. The molecule has 11 atom stereocenters. The largest absolute Gasteiger partial charge is 0.480 e. The van der Waals surface area contributed by atoms with Crippen LogP contribution in [0.15, 0.2) is 30.4 Å². The molecule has 0 spiro atoms. The van der Waals surface area contributed by atoms with Gasteiger partial charge in [0.15, 0.2) is 6.23 Å². The van der Waals surface area contributed by atoms with Crippen LogP contribution in [-0.4, -0.2) is 58.3 Å². The standard InChI is InChI=1S/C29H39ClN2O7/c1-13(2)17-11-10-15(4)28(36)19(17)12-14(3)25(38-16(5)33)22(28)21-23(26(34)35)31-27-29(21,37)18-8-7-9-20(30)24(18)32(6)39-27/h7-9,14-15,17,19,21-23,25,27,31,36-37H,1,10-12H2,2-6H3,(H,34,35)/t14?,15-,17+,19+,21+,22+,23+,25?,27-,28-,29+/m1/s1. The molecule has 214 valence electrons. The van der Waals surface area contributed by atoms with Crippen LogP contribution in [0.25, 0.3) is 0 Å². The number of aliphatic hydroxyl groups is 2. The summed E-state index contributed by atoms with van der Waals surface area (Å²) in [5, 5.41) is 40.9. The molecular formula is C29H39ClN2O7. The first-order chi connectivity index (χ1) is 18.2. The van der Waals surface area contributed by atoms with Crippen LogP contribution in [0.4, 0.5) is 5.69 Å². The minimum Gasteiger partial charge on any atom is -0.480 e. The lowest BCUT2D eigenvalue weighted by molar-refractivity contribution is -0.256. The molecule has 0 aromatic heterocycles. The van der Waals surface area contributed by atoms with Gasteiger partial charge in [0.05, 0.1) is 16.3 Å². The Hall–Kier alpha value is -2.17. The normalized spacial score (nSPS) is 43.2. The third-order valence-electron chi connectivity index (χ3n) is 10.0. The lowest BCUT2D eigenvalue weighted by atomic mass is 9.47. The molecule has 2 unspecified atom stereocenters. The highest BCUT2D eigenvalue weighted by molar-refractivity contribution is 6.33. The van der Waals surface area contributed by atoms with Crippen molar-refractivity contribution in [1.82, 2.24) is 5.32 Å². The maximum absolute atomic E-state index is 12.9. The second-order valence-electron chi connectivity index (χ2n) is 12.2. The smallest absolute Gasteiger partial charge is 0.321 e. The summed E-state index contributed by atoms with van der Waals surface area (Å²) in [7, 11) is 1.64. The average Bonchev–Trinajstić information content (AvgIpc) is 3.14. The fraction of sp³-hybridized carbons (Fsp3) is 0.655. The molecule has 3 fully saturated rings. The predicted octanol–water partition coefficient (Wildman–Crippen LogP) is 3.46. The van der Waals surface area contributed by atoms with Gasteiger partial charge in [-0.2, -0.15) is 0 Å². The van der Waals surface area contributed by atoms with Crippen LogP contribution < -0.4 is 10.4 Å². The molecule has 1 saturated heterocycles. The van der Waals surface area contributed by atoms with Crippen LogP contribution in [0.1, 0.15) is 52.5 Å². The molecule has 2 saturated carbocycles. The first-order valence-electron chi connectivity index (χ1n) is 13.7. The summed E-state index contributed by atoms with van der Waals surface area (Å²) in [6.45, 7) is 11.4. The molecule has 39 heavy (non-hydrogen) atoms. The van der Waals surface area contributed by atoms with Gasteiger partial charge in [-0.15, -0.1) is 0 Å². The van der Waals surface area contributed by atoms with Crippen molar-refractivity contribution < 1.29 is 34.5 Å². The van der Waals surface area contributed by atoms with Gasteiger partial charge in [-0.3, -0.25) is 24.8 Å². The molecule has 0 radical (unpaired) electrons. The second-order valence-corrected chi connectivity index (χ2v) is 12.6. The summed E-state index contributed by atoms with van der Waals surface area (Å²) < 4.78 is 5.94. The van der Waals surface area contributed by atoms with Crippen molar-refractivity contribution in [2.75, 3.05) is 12.1 Å². The van der Waals surface area contributed by atoms with Gasteiger partial charge in [0.1, 0.15) is 17.7 Å². The van der Waals surface area contributed by atoms with E-state index in [1.807, 2.05) is 20.8 Å². The zero-order valence-corrected chi connectivity index (χ0v) is 23.8. The van der Waals surface area contributed by atoms with Crippen molar-refractivity contribution >= 4 is 29.2 Å². The van der Waals surface area contributed by atoms with Crippen molar-refractivity contribution in [2.45, 2.75) is 76.5 Å². The van der Waals surface area contributed by atoms with Crippen LogP contribution >= 0.6 is 11.6 Å². The fourth-order valence-electron chi connectivity index (χ4n) is 8.42. The first kappa shape index (κ1) is 28.4. The maximum atomic E-state index is 12.9. The van der Waals surface area contributed by atoms with Crippen molar-refractivity contribution in [3.05, 3.63) is 40.9 Å². The van der Waals surface area contributed by atoms with Crippen molar-refractivity contribution in [3.63, 3.8) is 0 Å². The summed E-state index contributed by atoms with van der Waals surface area (Å²) in [6, 6.07) is 3.77. The highest BCUT2D eigenvalue weighted by atomic mass is 35.5. The number of benzene rings is 1. The van der Waals surface area contributed by atoms with E-state index >= 15 is 0 Å². The van der Waals surface area contributed by atoms with Crippen LogP contribution in [0.2, 0.25) is 5.02 Å². The Kier molecular flexibility index (Phi) is 7.08. The van der Waals surface area contributed by atoms with Gasteiger partial charge in [0.25, 0.3) is 0 Å². The number of esters is 1. The molecule has 0 bridgehead atoms. The van der Waals surface area contributed by atoms with Gasteiger partial charge in [0.2, 0.25) is 0 Å². The van der Waals surface area contributed by atoms with Crippen LogP contribution in [0.3, 0.4) is 0 Å². The third-order valence-corrected chi connectivity index (χ3v) is 10.3. The number of allylic oxidation sites excluding steroid dienone is 1. The van der Waals surface area contributed by atoms with E-state index in [4.69, 9.17) is 21.2 Å². The number of hydrogen-bond donors (Lipinski definition) is 4. The Bertz CT molecular complexity index is 1190. The van der Waals surface area contributed by atoms with E-state index in [1.54, 1.807) is 25.2 Å². The van der Waals surface area contributed by atoms with Gasteiger partial charge in [-0.1, -0.05) is 49.7 Å². The number of carbonyl (C=O) groups excluding carboxylic acids is 1. The molecule has 0 amide bonds. The van der Waals surface area contributed by atoms with E-state index in [0.29, 0.717) is 29.1 Å². The topological polar surface area (TPSA) is 129 Å². The highest BCUT2D eigenvalue weighted by Crippen LogP contribution is 2.62. The number of anilines is 1. The number of para-hydroxylation sites is 1. The minimum absolute atomic E-state index is 0.00739. The summed E-state index contributed by atoms with van der Waals surface area (Å²) in [6.07, 6.45) is 0.130. The Labute approximate surface area is 234 Å². The van der Waals surface area contributed by atoms with E-state index < -0.39 is 53.4 Å². The number of hydroxylamine groups is 1. The number of fused-ring (bicyclic) bond motifs is 4. The Morgan fingerprint density at radius 2 is 1.90 bits per heavy atom. The summed E-state index contributed by atoms with van der Waals surface area (Å²) in [5.74, 6) is -4.50. The van der Waals surface area contributed by atoms with E-state index in [2.05, 4.69) is 11.9 Å². The third kappa shape index (κ3) is 4.03. The van der Waals surface area contributed by atoms with Crippen LogP contribution in [0.5, 0.6) is 0 Å². The van der Waals surface area contributed by atoms with Crippen LogP contribution in [0, 0.1) is 35.5 Å². The van der Waals surface area contributed by atoms with Crippen molar-refractivity contribution in [3.8, 4) is 0 Å². The summed E-state index contributed by atoms with van der Waals surface area (Å²) in [4.78, 5) is 31.3. The molecule has 5 rings (SSSR count). The number of carbonyl (C=O) groups is 2. The minimum atomic E-state index is -1.91. The van der Waals surface area contributed by atoms with Gasteiger partial charge >= 0.3 is 11.9 Å². The molecule has 2 aliphatic carbocycles. The van der Waals surface area contributed by atoms with E-state index in [0.717, 1.165) is 12.0 Å². The number of hydrogen-bond acceptors (Lipinski definition) is 8. The summed E-state index contributed by atoms with van der Waals surface area (Å²) >= 11 is 6.56. The number of nitrogens with zero attached hydrogens (tertiary/aromatic N) is 1. The van der Waals surface area contributed by atoms with E-state index in [9.17, 15) is 24.9 Å². The second kappa shape index (κ2) is 9.73. The molecule has 1 aromatic rings. The van der Waals surface area contributed by atoms with E-state index in [-0.39, 0.29) is 23.7 Å². The highest BCUT2D eigenvalue weighted by Gasteiger charge is 2.72. The predicted molar refractivity (Wildman–Crippen MR) is 145 cm³/mol. The number of ether oxygens (including phenoxy) is 1. The van der Waals surface area contributed by atoms with Gasteiger partial charge < -0.3 is 20.1 Å². The molecule has 9 nitrogen and oxygen atoms in total. The Balaban J connectivity index is 1.78. The van der Waals surface area contributed by atoms with Crippen molar-refractivity contribution in [2.24, 2.45) is 35.5 Å². The monoisotopic (exact) mass is 562 g/mol. The van der Waals surface area contributed by atoms with Crippen molar-refractivity contribution in [1.29, 1.82) is 0 Å². The van der Waals surface area contributed by atoms with Gasteiger partial charge in [0, 0.05) is 31.4 Å². The Morgan fingerprint density at radius 1 is 1.21 bits per heavy atom. The molecule has 2 aliphatic heterocycles. The Morgan fingerprint density at radius 3 is 2.51 bits per heavy atom. The van der Waals surface area contributed by atoms with Gasteiger partial charge in [-0.25, -0.2) is 0 Å². The zero-order chi connectivity index (χ0) is 28.6. The van der Waals surface area contributed by atoms with Gasteiger partial charge in [-0.05, 0) is 55.9 Å². The zero-order valence-electron chi connectivity index (χ0n) is 23.1.